The van der Waals surface area contributed by atoms with Gasteiger partial charge in [-0.15, -0.1) is 0 Å². The van der Waals surface area contributed by atoms with Crippen molar-refractivity contribution in [1.82, 2.24) is 10.0 Å². The Morgan fingerprint density at radius 3 is 1.62 bits per heavy atom. The van der Waals surface area contributed by atoms with Gasteiger partial charge in [-0.25, -0.2) is 0 Å². The van der Waals surface area contributed by atoms with Gasteiger partial charge in [0, 0.05) is 11.1 Å². The molecule has 0 radical (unpaired) electrons. The van der Waals surface area contributed by atoms with Crippen LogP contribution in [0.4, 0.5) is 0 Å². The maximum atomic E-state index is 12.4. The molecule has 0 N–H and O–H groups in total. The van der Waals surface area contributed by atoms with E-state index in [1.165, 1.54) is 12.4 Å². The van der Waals surface area contributed by atoms with Crippen LogP contribution in [-0.2, 0) is 0 Å². The van der Waals surface area contributed by atoms with E-state index in [0.29, 0.717) is 45.9 Å². The van der Waals surface area contributed by atoms with Gasteiger partial charge in [0.15, 0.2) is 0 Å². The summed E-state index contributed by atoms with van der Waals surface area (Å²) in [5.41, 5.74) is 2.92. The molecule has 47 heavy (non-hydrogen) atoms. The average molecular weight is 625 g/mol. The molecular weight excluding hydrogens is 596 g/mol. The third-order valence-corrected chi connectivity index (χ3v) is 7.53. The molecule has 0 spiro atoms. The monoisotopic (exact) mass is 624 g/mol. The summed E-state index contributed by atoms with van der Waals surface area (Å²) >= 11 is 0. The zero-order valence-corrected chi connectivity index (χ0v) is 25.5. The van der Waals surface area contributed by atoms with Gasteiger partial charge in [0.25, 0.3) is 23.6 Å². The summed E-state index contributed by atoms with van der Waals surface area (Å²) in [5, 5.41) is 11.9. The molecule has 232 valence electrons. The number of para-hydroxylation sites is 1. The number of rotatable bonds is 7. The molecule has 2 heterocycles. The maximum Gasteiger partial charge on any atom is 0.282 e. The van der Waals surface area contributed by atoms with E-state index < -0.39 is 23.6 Å². The third-order valence-electron chi connectivity index (χ3n) is 7.53. The molecule has 0 saturated heterocycles. The molecular formula is C37H28N4O6. The van der Waals surface area contributed by atoms with Gasteiger partial charge in [-0.3, -0.25) is 19.2 Å². The number of hydrazone groups is 2. The highest BCUT2D eigenvalue weighted by Gasteiger charge is 2.36. The van der Waals surface area contributed by atoms with E-state index >= 15 is 0 Å². The predicted octanol–water partition coefficient (Wildman–Crippen LogP) is 6.19. The number of nitrogens with zero attached hydrogens (tertiary/aromatic N) is 4. The van der Waals surface area contributed by atoms with E-state index in [4.69, 9.17) is 9.47 Å². The predicted molar refractivity (Wildman–Crippen MR) is 177 cm³/mol. The lowest BCUT2D eigenvalue weighted by Gasteiger charge is -2.10. The van der Waals surface area contributed by atoms with Crippen molar-refractivity contribution in [3.05, 3.63) is 143 Å². The van der Waals surface area contributed by atoms with Gasteiger partial charge in [0.1, 0.15) is 11.5 Å². The number of hydrogen-bond donors (Lipinski definition) is 0. The van der Waals surface area contributed by atoms with Crippen molar-refractivity contribution in [2.75, 3.05) is 13.7 Å². The zero-order valence-electron chi connectivity index (χ0n) is 25.5. The SMILES string of the molecule is CCOc1ccccc1/C=N/N1C(=O)c2ccccc2C1=O.COc1ccc2ccccc2c1/C=N/N1C(=O)c2ccccc2C1=O. The Labute approximate surface area is 270 Å². The van der Waals surface area contributed by atoms with E-state index in [0.717, 1.165) is 26.4 Å². The summed E-state index contributed by atoms with van der Waals surface area (Å²) < 4.78 is 10.9. The molecule has 7 rings (SSSR count). The molecule has 0 aromatic heterocycles. The van der Waals surface area contributed by atoms with Gasteiger partial charge in [-0.05, 0) is 60.2 Å². The largest absolute Gasteiger partial charge is 0.496 e. The van der Waals surface area contributed by atoms with Crippen LogP contribution in [0.2, 0.25) is 0 Å². The Morgan fingerprint density at radius 2 is 1.06 bits per heavy atom. The molecule has 2 aliphatic heterocycles. The van der Waals surface area contributed by atoms with E-state index in [1.54, 1.807) is 55.6 Å². The number of carbonyl (C=O) groups is 4. The second-order valence-corrected chi connectivity index (χ2v) is 10.3. The zero-order chi connectivity index (χ0) is 32.9. The van der Waals surface area contributed by atoms with E-state index in [1.807, 2.05) is 67.6 Å². The topological polar surface area (TPSA) is 118 Å². The summed E-state index contributed by atoms with van der Waals surface area (Å²) in [5.74, 6) is -0.381. The Kier molecular flexibility index (Phi) is 8.65. The summed E-state index contributed by atoms with van der Waals surface area (Å²) in [7, 11) is 1.57. The first-order valence-electron chi connectivity index (χ1n) is 14.7. The molecule has 0 saturated carbocycles. The lowest BCUT2D eigenvalue weighted by atomic mass is 10.0. The van der Waals surface area contributed by atoms with Gasteiger partial charge in [0.2, 0.25) is 0 Å². The number of amides is 4. The third kappa shape index (κ3) is 5.87. The highest BCUT2D eigenvalue weighted by molar-refractivity contribution is 6.22. The first kappa shape index (κ1) is 30.6. The van der Waals surface area contributed by atoms with Gasteiger partial charge >= 0.3 is 0 Å². The van der Waals surface area contributed by atoms with Crippen molar-refractivity contribution in [3.63, 3.8) is 0 Å². The van der Waals surface area contributed by atoms with E-state index in [-0.39, 0.29) is 0 Å². The van der Waals surface area contributed by atoms with Crippen LogP contribution in [0.5, 0.6) is 11.5 Å². The first-order chi connectivity index (χ1) is 22.9. The molecule has 0 bridgehead atoms. The highest BCUT2D eigenvalue weighted by atomic mass is 16.5. The lowest BCUT2D eigenvalue weighted by Crippen LogP contribution is -2.24. The molecule has 2 aliphatic rings. The summed E-state index contributed by atoms with van der Waals surface area (Å²) in [6, 6.07) is 32.3. The fourth-order valence-electron chi connectivity index (χ4n) is 5.26. The molecule has 10 nitrogen and oxygen atoms in total. The quantitative estimate of drug-likeness (QED) is 0.157. The summed E-state index contributed by atoms with van der Waals surface area (Å²) in [6.07, 6.45) is 2.97. The standard InChI is InChI=1S/C20H14N2O3.C17H14N2O3/c1-25-18-11-10-13-6-2-3-7-14(13)17(18)12-21-22-19(23)15-8-4-5-9-16(15)20(22)24;1-2-22-15-10-6-3-7-12(15)11-18-19-16(20)13-8-4-5-9-14(13)17(19)21/h2-12H,1H3;3-11H,2H2,1H3/b21-12+;18-11+. The molecule has 4 amide bonds. The molecule has 5 aromatic rings. The maximum absolute atomic E-state index is 12.4. The molecule has 0 unspecified atom stereocenters. The number of carbonyl (C=O) groups excluding carboxylic acids is 4. The van der Waals surface area contributed by atoms with Crippen molar-refractivity contribution >= 4 is 46.8 Å². The van der Waals surface area contributed by atoms with Crippen LogP contribution in [-0.4, -0.2) is 59.8 Å². The number of ether oxygens (including phenoxy) is 2. The van der Waals surface area contributed by atoms with E-state index in [2.05, 4.69) is 10.2 Å². The van der Waals surface area contributed by atoms with Crippen molar-refractivity contribution in [1.29, 1.82) is 0 Å². The van der Waals surface area contributed by atoms with Gasteiger partial charge < -0.3 is 9.47 Å². The van der Waals surface area contributed by atoms with Crippen LogP contribution in [0.15, 0.2) is 119 Å². The molecule has 0 atom stereocenters. The Hall–Kier alpha value is -6.42. The van der Waals surface area contributed by atoms with Crippen LogP contribution >= 0.6 is 0 Å². The number of hydrogen-bond acceptors (Lipinski definition) is 8. The van der Waals surface area contributed by atoms with Crippen molar-refractivity contribution in [2.24, 2.45) is 10.2 Å². The van der Waals surface area contributed by atoms with Crippen LogP contribution < -0.4 is 9.47 Å². The van der Waals surface area contributed by atoms with Gasteiger partial charge in [0.05, 0.1) is 48.4 Å². The fraction of sp³-hybridized carbons (Fsp3) is 0.0811. The van der Waals surface area contributed by atoms with Crippen LogP contribution in [0.25, 0.3) is 10.8 Å². The summed E-state index contributed by atoms with van der Waals surface area (Å²) in [4.78, 5) is 49.2. The summed E-state index contributed by atoms with van der Waals surface area (Å²) in [6.45, 7) is 2.41. The minimum absolute atomic E-state index is 0.370. The van der Waals surface area contributed by atoms with Crippen LogP contribution in [0.1, 0.15) is 59.5 Å². The number of imide groups is 2. The Morgan fingerprint density at radius 1 is 0.574 bits per heavy atom. The number of methoxy groups -OCH3 is 1. The van der Waals surface area contributed by atoms with Crippen molar-refractivity contribution in [2.45, 2.75) is 6.92 Å². The Balaban J connectivity index is 0.000000166. The van der Waals surface area contributed by atoms with Crippen LogP contribution in [0, 0.1) is 0 Å². The normalized spacial score (nSPS) is 13.7. The van der Waals surface area contributed by atoms with Gasteiger partial charge in [-0.1, -0.05) is 66.7 Å². The van der Waals surface area contributed by atoms with Crippen LogP contribution in [0.3, 0.4) is 0 Å². The lowest BCUT2D eigenvalue weighted by molar-refractivity contribution is 0.0645. The van der Waals surface area contributed by atoms with Crippen molar-refractivity contribution < 1.29 is 28.7 Å². The fourth-order valence-corrected chi connectivity index (χ4v) is 5.26. The molecule has 0 aliphatic carbocycles. The number of benzene rings is 5. The van der Waals surface area contributed by atoms with Gasteiger partial charge in [-0.2, -0.15) is 20.2 Å². The molecule has 10 heteroatoms. The molecule has 0 fully saturated rings. The minimum Gasteiger partial charge on any atom is -0.496 e. The minimum atomic E-state index is -0.420. The second kappa shape index (κ2) is 13.3. The average Bonchev–Trinajstić information content (AvgIpc) is 3.50. The Bertz CT molecular complexity index is 2030. The second-order valence-electron chi connectivity index (χ2n) is 10.3. The van der Waals surface area contributed by atoms with Crippen molar-refractivity contribution in [3.8, 4) is 11.5 Å². The highest BCUT2D eigenvalue weighted by Crippen LogP contribution is 2.28. The van der Waals surface area contributed by atoms with E-state index in [9.17, 15) is 19.2 Å². The number of fused-ring (bicyclic) bond motifs is 3. The molecule has 5 aromatic carbocycles. The first-order valence-corrected chi connectivity index (χ1v) is 14.7. The smallest absolute Gasteiger partial charge is 0.282 e.